The number of hydrogen-bond donors (Lipinski definition) is 1. The van der Waals surface area contributed by atoms with Gasteiger partial charge in [0.25, 0.3) is 0 Å². The van der Waals surface area contributed by atoms with E-state index in [4.69, 9.17) is 9.47 Å². The average molecular weight is 433 g/mol. The maximum Gasteiger partial charge on any atom is 0.335 e. The number of aryl methyl sites for hydroxylation is 1. The van der Waals surface area contributed by atoms with E-state index in [0.29, 0.717) is 6.54 Å². The zero-order chi connectivity index (χ0) is 22.5. The summed E-state index contributed by atoms with van der Waals surface area (Å²) in [5.74, 6) is 0.516. The molecule has 1 aliphatic carbocycles. The Morgan fingerprint density at radius 2 is 1.88 bits per heavy atom. The Morgan fingerprint density at radius 3 is 2.50 bits per heavy atom. The number of rotatable bonds is 8. The van der Waals surface area contributed by atoms with Crippen LogP contribution in [0.15, 0.2) is 60.9 Å². The highest BCUT2D eigenvalue weighted by Crippen LogP contribution is 2.40. The number of hydrogen-bond acceptors (Lipinski definition) is 5. The number of methoxy groups -OCH3 is 1. The van der Waals surface area contributed by atoms with Gasteiger partial charge in [0, 0.05) is 36.4 Å². The second-order valence-corrected chi connectivity index (χ2v) is 8.11. The van der Waals surface area contributed by atoms with Crippen LogP contribution >= 0.6 is 0 Å². The van der Waals surface area contributed by atoms with E-state index in [1.54, 1.807) is 25.4 Å². The fraction of sp³-hybridized carbons (Fsp3) is 0.308. The van der Waals surface area contributed by atoms with Crippen molar-refractivity contribution >= 4 is 17.3 Å². The van der Waals surface area contributed by atoms with E-state index in [-0.39, 0.29) is 11.7 Å². The molecular weight excluding hydrogens is 404 g/mol. The molecule has 166 valence electrons. The zero-order valence-corrected chi connectivity index (χ0v) is 18.5. The molecule has 1 N–H and O–H groups in total. The normalized spacial score (nSPS) is 13.7. The van der Waals surface area contributed by atoms with E-state index >= 15 is 0 Å². The fourth-order valence-electron chi connectivity index (χ4n) is 4.15. The van der Waals surface area contributed by atoms with Crippen molar-refractivity contribution in [2.45, 2.75) is 45.3 Å². The van der Waals surface area contributed by atoms with Crippen LogP contribution in [-0.2, 0) is 6.54 Å². The quantitative estimate of drug-likeness (QED) is 0.488. The fourth-order valence-corrected chi connectivity index (χ4v) is 4.15. The largest absolute Gasteiger partial charge is 0.493 e. The van der Waals surface area contributed by atoms with Crippen molar-refractivity contribution in [2.24, 2.45) is 0 Å². The highest BCUT2D eigenvalue weighted by molar-refractivity contribution is 5.88. The molecule has 0 aliphatic heterocycles. The number of nitrogens with zero attached hydrogens (tertiary/aromatic N) is 2. The van der Waals surface area contributed by atoms with E-state index < -0.39 is 5.97 Å². The lowest BCUT2D eigenvalue weighted by Gasteiger charge is -2.28. The summed E-state index contributed by atoms with van der Waals surface area (Å²) in [6.45, 7) is 2.62. The van der Waals surface area contributed by atoms with Crippen LogP contribution in [0.5, 0.6) is 11.5 Å². The van der Waals surface area contributed by atoms with Gasteiger partial charge in [-0.05, 0) is 80.1 Å². The number of pyridine rings is 1. The number of carbonyl (C=O) groups is 1. The predicted molar refractivity (Wildman–Crippen MR) is 124 cm³/mol. The molecule has 6 nitrogen and oxygen atoms in total. The number of carboxylic acids is 1. The minimum absolute atomic E-state index is 0.209. The molecule has 1 aliphatic rings. The van der Waals surface area contributed by atoms with E-state index in [0.717, 1.165) is 46.8 Å². The van der Waals surface area contributed by atoms with Crippen molar-refractivity contribution in [3.63, 3.8) is 0 Å². The number of aromatic carboxylic acids is 1. The molecule has 1 saturated carbocycles. The highest BCUT2D eigenvalue weighted by Gasteiger charge is 2.22. The third kappa shape index (κ3) is 4.85. The van der Waals surface area contributed by atoms with Gasteiger partial charge in [-0.1, -0.05) is 6.07 Å². The molecule has 4 rings (SSSR count). The van der Waals surface area contributed by atoms with Gasteiger partial charge in [0.2, 0.25) is 0 Å². The third-order valence-corrected chi connectivity index (χ3v) is 5.86. The Bertz CT molecular complexity index is 1060. The van der Waals surface area contributed by atoms with Crippen LogP contribution in [0.1, 0.15) is 47.2 Å². The van der Waals surface area contributed by atoms with Crippen molar-refractivity contribution in [3.8, 4) is 11.5 Å². The Kier molecular flexibility index (Phi) is 6.59. The minimum Gasteiger partial charge on any atom is -0.493 e. The van der Waals surface area contributed by atoms with Gasteiger partial charge in [-0.3, -0.25) is 4.98 Å². The minimum atomic E-state index is -0.941. The van der Waals surface area contributed by atoms with Gasteiger partial charge in [-0.25, -0.2) is 4.79 Å². The molecule has 1 fully saturated rings. The average Bonchev–Trinajstić information content (AvgIpc) is 3.32. The standard InChI is InChI=1S/C26H28N2O4/c1-18-14-24(31-2)25(32-22-7-3-4-8-22)15-23(18)28(17-19-6-5-13-27-16-19)21-11-9-20(10-12-21)26(29)30/h5-6,9-16,22H,3-4,7-8,17H2,1-2H3,(H,29,30). The van der Waals surface area contributed by atoms with Crippen LogP contribution in [0.4, 0.5) is 11.4 Å². The van der Waals surface area contributed by atoms with Gasteiger partial charge in [-0.2, -0.15) is 0 Å². The Balaban J connectivity index is 1.76. The SMILES string of the molecule is COc1cc(C)c(N(Cc2cccnc2)c2ccc(C(=O)O)cc2)cc1OC1CCCC1. The first-order valence-corrected chi connectivity index (χ1v) is 10.9. The Morgan fingerprint density at radius 1 is 1.12 bits per heavy atom. The number of carboxylic acid groups (broad SMARTS) is 1. The molecular formula is C26H28N2O4. The Labute approximate surface area is 188 Å². The lowest BCUT2D eigenvalue weighted by Crippen LogP contribution is -2.19. The van der Waals surface area contributed by atoms with Gasteiger partial charge < -0.3 is 19.5 Å². The monoisotopic (exact) mass is 432 g/mol. The van der Waals surface area contributed by atoms with Crippen LogP contribution < -0.4 is 14.4 Å². The first-order valence-electron chi connectivity index (χ1n) is 10.9. The van der Waals surface area contributed by atoms with Crippen LogP contribution in [0, 0.1) is 6.92 Å². The molecule has 0 radical (unpaired) electrons. The van der Waals surface area contributed by atoms with E-state index in [9.17, 15) is 9.90 Å². The van der Waals surface area contributed by atoms with Crippen LogP contribution in [-0.4, -0.2) is 29.3 Å². The molecule has 6 heteroatoms. The molecule has 3 aromatic rings. The number of ether oxygens (including phenoxy) is 2. The van der Waals surface area contributed by atoms with Crippen molar-refractivity contribution in [1.82, 2.24) is 4.98 Å². The Hall–Kier alpha value is -3.54. The van der Waals surface area contributed by atoms with Gasteiger partial charge in [0.15, 0.2) is 11.5 Å². The maximum atomic E-state index is 11.3. The topological polar surface area (TPSA) is 71.9 Å². The molecule has 0 atom stereocenters. The highest BCUT2D eigenvalue weighted by atomic mass is 16.5. The first kappa shape index (κ1) is 21.7. The van der Waals surface area contributed by atoms with E-state index in [1.165, 1.54) is 12.8 Å². The summed E-state index contributed by atoms with van der Waals surface area (Å²) in [5.41, 5.74) is 4.20. The van der Waals surface area contributed by atoms with Gasteiger partial charge in [-0.15, -0.1) is 0 Å². The van der Waals surface area contributed by atoms with Crippen LogP contribution in [0.3, 0.4) is 0 Å². The summed E-state index contributed by atoms with van der Waals surface area (Å²) in [7, 11) is 1.66. The second kappa shape index (κ2) is 9.73. The predicted octanol–water partition coefficient (Wildman–Crippen LogP) is 5.76. The van der Waals surface area contributed by atoms with Crippen molar-refractivity contribution in [1.29, 1.82) is 0 Å². The molecule has 1 aromatic heterocycles. The molecule has 2 aromatic carbocycles. The van der Waals surface area contributed by atoms with Crippen molar-refractivity contribution < 1.29 is 19.4 Å². The molecule has 0 spiro atoms. The van der Waals surface area contributed by atoms with Crippen LogP contribution in [0.25, 0.3) is 0 Å². The van der Waals surface area contributed by atoms with E-state index in [1.807, 2.05) is 49.5 Å². The lowest BCUT2D eigenvalue weighted by molar-refractivity contribution is 0.0697. The molecule has 1 heterocycles. The molecule has 0 saturated heterocycles. The van der Waals surface area contributed by atoms with Crippen LogP contribution in [0.2, 0.25) is 0 Å². The van der Waals surface area contributed by atoms with Gasteiger partial charge >= 0.3 is 5.97 Å². The smallest absolute Gasteiger partial charge is 0.335 e. The maximum absolute atomic E-state index is 11.3. The summed E-state index contributed by atoms with van der Waals surface area (Å²) in [4.78, 5) is 17.7. The summed E-state index contributed by atoms with van der Waals surface area (Å²) in [5, 5.41) is 9.29. The molecule has 0 unspecified atom stereocenters. The van der Waals surface area contributed by atoms with Crippen molar-refractivity contribution in [3.05, 3.63) is 77.6 Å². The van der Waals surface area contributed by atoms with Gasteiger partial charge in [0.1, 0.15) is 0 Å². The molecule has 0 bridgehead atoms. The summed E-state index contributed by atoms with van der Waals surface area (Å²) < 4.78 is 12.0. The summed E-state index contributed by atoms with van der Waals surface area (Å²) >= 11 is 0. The number of benzene rings is 2. The summed E-state index contributed by atoms with van der Waals surface area (Å²) in [6.07, 6.45) is 8.30. The molecule has 0 amide bonds. The molecule has 32 heavy (non-hydrogen) atoms. The summed E-state index contributed by atoms with van der Waals surface area (Å²) in [6, 6.07) is 14.9. The second-order valence-electron chi connectivity index (χ2n) is 8.11. The number of aromatic nitrogens is 1. The van der Waals surface area contributed by atoms with Gasteiger partial charge in [0.05, 0.1) is 18.8 Å². The third-order valence-electron chi connectivity index (χ3n) is 5.86. The zero-order valence-electron chi connectivity index (χ0n) is 18.5. The lowest BCUT2D eigenvalue weighted by atomic mass is 10.1. The van der Waals surface area contributed by atoms with Crippen molar-refractivity contribution in [2.75, 3.05) is 12.0 Å². The van der Waals surface area contributed by atoms with E-state index in [2.05, 4.69) is 9.88 Å². The first-order chi connectivity index (χ1) is 15.5. The number of anilines is 2.